The van der Waals surface area contributed by atoms with Gasteiger partial charge in [0.1, 0.15) is 15.9 Å². The van der Waals surface area contributed by atoms with Gasteiger partial charge < -0.3 is 4.42 Å². The quantitative estimate of drug-likeness (QED) is 0.181. The average molecular weight is 493 g/mol. The lowest BCUT2D eigenvalue weighted by Crippen LogP contribution is -2.40. The second kappa shape index (κ2) is 10.9. The summed E-state index contributed by atoms with van der Waals surface area (Å²) in [6.45, 7) is 2.16. The SMILES string of the molecule is CCSc1oc(/C=C\c2ccccc2)nc1[P+](c1ccccc1)(c1ccccc1)c1ccccc1. The normalized spacial score (nSPS) is 11.7. The molecule has 0 aliphatic heterocycles. The van der Waals surface area contributed by atoms with Crippen LogP contribution in [-0.4, -0.2) is 10.7 Å². The van der Waals surface area contributed by atoms with E-state index in [1.54, 1.807) is 11.8 Å². The first-order valence-electron chi connectivity index (χ1n) is 11.8. The van der Waals surface area contributed by atoms with Crippen LogP contribution in [0.2, 0.25) is 0 Å². The van der Waals surface area contributed by atoms with E-state index in [0.717, 1.165) is 21.8 Å². The highest BCUT2D eigenvalue weighted by molar-refractivity contribution is 8.04. The maximum atomic E-state index is 6.44. The molecule has 0 fully saturated rings. The van der Waals surface area contributed by atoms with Crippen LogP contribution in [0.25, 0.3) is 12.2 Å². The predicted octanol–water partition coefficient (Wildman–Crippen LogP) is 6.58. The van der Waals surface area contributed by atoms with Crippen molar-refractivity contribution in [3.8, 4) is 0 Å². The molecule has 0 radical (unpaired) electrons. The van der Waals surface area contributed by atoms with Crippen molar-refractivity contribution >= 4 is 52.5 Å². The summed E-state index contributed by atoms with van der Waals surface area (Å²) >= 11 is 1.72. The van der Waals surface area contributed by atoms with Crippen molar-refractivity contribution < 1.29 is 4.42 Å². The van der Waals surface area contributed by atoms with Crippen LogP contribution in [0.3, 0.4) is 0 Å². The van der Waals surface area contributed by atoms with Crippen molar-refractivity contribution in [1.29, 1.82) is 0 Å². The lowest BCUT2D eigenvalue weighted by atomic mass is 10.2. The van der Waals surface area contributed by atoms with E-state index < -0.39 is 7.26 Å². The van der Waals surface area contributed by atoms with E-state index in [9.17, 15) is 0 Å². The lowest BCUT2D eigenvalue weighted by molar-refractivity contribution is 0.464. The van der Waals surface area contributed by atoms with Crippen LogP contribution < -0.4 is 21.3 Å². The average Bonchev–Trinajstić information content (AvgIpc) is 3.33. The third-order valence-corrected chi connectivity index (χ3v) is 11.0. The van der Waals surface area contributed by atoms with Gasteiger partial charge in [-0.2, -0.15) is 4.98 Å². The van der Waals surface area contributed by atoms with Gasteiger partial charge in [-0.3, -0.25) is 0 Å². The number of oxazole rings is 1. The van der Waals surface area contributed by atoms with Gasteiger partial charge in [0.2, 0.25) is 11.0 Å². The molecule has 0 atom stereocenters. The Morgan fingerprint density at radius 1 is 0.657 bits per heavy atom. The minimum Gasteiger partial charge on any atom is -0.426 e. The van der Waals surface area contributed by atoms with Crippen LogP contribution in [0.4, 0.5) is 0 Å². The van der Waals surface area contributed by atoms with Crippen molar-refractivity contribution in [3.05, 3.63) is 133 Å². The molecule has 0 saturated carbocycles. The largest absolute Gasteiger partial charge is 0.426 e. The minimum absolute atomic E-state index is 0.631. The van der Waals surface area contributed by atoms with Gasteiger partial charge >= 0.3 is 0 Å². The van der Waals surface area contributed by atoms with E-state index >= 15 is 0 Å². The summed E-state index contributed by atoms with van der Waals surface area (Å²) in [6.07, 6.45) is 4.04. The van der Waals surface area contributed by atoms with Crippen molar-refractivity contribution in [2.24, 2.45) is 0 Å². The first-order valence-corrected chi connectivity index (χ1v) is 14.5. The summed E-state index contributed by atoms with van der Waals surface area (Å²) in [5, 5.41) is 4.69. The number of rotatable bonds is 8. The Kier molecular flexibility index (Phi) is 7.28. The summed E-state index contributed by atoms with van der Waals surface area (Å²) in [7, 11) is -2.31. The number of nitrogens with zero attached hydrogens (tertiary/aromatic N) is 1. The van der Waals surface area contributed by atoms with Crippen LogP contribution in [-0.2, 0) is 0 Å². The Balaban J connectivity index is 1.79. The highest BCUT2D eigenvalue weighted by Gasteiger charge is 2.52. The zero-order valence-corrected chi connectivity index (χ0v) is 21.3. The highest BCUT2D eigenvalue weighted by Crippen LogP contribution is 2.55. The Morgan fingerprint density at radius 2 is 1.11 bits per heavy atom. The van der Waals surface area contributed by atoms with Gasteiger partial charge in [-0.15, -0.1) is 0 Å². The second-order valence-electron chi connectivity index (χ2n) is 8.02. The third-order valence-electron chi connectivity index (χ3n) is 5.84. The zero-order valence-electron chi connectivity index (χ0n) is 19.6. The molecule has 4 heteroatoms. The van der Waals surface area contributed by atoms with Crippen LogP contribution in [0.5, 0.6) is 0 Å². The van der Waals surface area contributed by atoms with Crippen molar-refractivity contribution in [3.63, 3.8) is 0 Å². The molecule has 0 aliphatic rings. The summed E-state index contributed by atoms with van der Waals surface area (Å²) in [4.78, 5) is 5.22. The summed E-state index contributed by atoms with van der Waals surface area (Å²) < 4.78 is 6.44. The molecule has 2 nitrogen and oxygen atoms in total. The number of hydrogen-bond acceptors (Lipinski definition) is 3. The molecule has 0 aliphatic carbocycles. The van der Waals surface area contributed by atoms with Crippen molar-refractivity contribution in [2.45, 2.75) is 12.0 Å². The highest BCUT2D eigenvalue weighted by atomic mass is 32.2. The molecule has 4 aromatic carbocycles. The fourth-order valence-corrected chi connectivity index (χ4v) is 9.56. The van der Waals surface area contributed by atoms with Crippen molar-refractivity contribution in [1.82, 2.24) is 4.98 Å². The Hall–Kier alpha value is -3.39. The smallest absolute Gasteiger partial charge is 0.251 e. The first-order chi connectivity index (χ1) is 17.3. The summed E-state index contributed by atoms with van der Waals surface area (Å²) in [6, 6.07) is 42.7. The molecule has 0 spiro atoms. The molecule has 0 bridgehead atoms. The number of aromatic nitrogens is 1. The molecule has 1 heterocycles. The Morgan fingerprint density at radius 3 is 1.57 bits per heavy atom. The fourth-order valence-electron chi connectivity index (χ4n) is 4.32. The van der Waals surface area contributed by atoms with E-state index in [4.69, 9.17) is 9.40 Å². The van der Waals surface area contributed by atoms with Gasteiger partial charge in [0.05, 0.1) is 0 Å². The molecule has 5 aromatic rings. The number of thioether (sulfide) groups is 1. The van der Waals surface area contributed by atoms with E-state index in [1.807, 2.05) is 24.3 Å². The van der Waals surface area contributed by atoms with E-state index in [1.165, 1.54) is 15.9 Å². The van der Waals surface area contributed by atoms with E-state index in [0.29, 0.717) is 5.89 Å². The summed E-state index contributed by atoms with van der Waals surface area (Å²) in [5.74, 6) is 1.54. The van der Waals surface area contributed by atoms with Gasteiger partial charge in [0.25, 0.3) is 5.44 Å². The van der Waals surface area contributed by atoms with Gasteiger partial charge in [-0.25, -0.2) is 0 Å². The van der Waals surface area contributed by atoms with Gasteiger partial charge in [0.15, 0.2) is 7.26 Å². The molecule has 0 N–H and O–H groups in total. The van der Waals surface area contributed by atoms with Gasteiger partial charge in [0, 0.05) is 6.08 Å². The van der Waals surface area contributed by atoms with Gasteiger partial charge in [-0.05, 0) is 53.8 Å². The number of benzene rings is 4. The summed E-state index contributed by atoms with van der Waals surface area (Å²) in [5.41, 5.74) is 2.15. The Bertz CT molecular complexity index is 1290. The van der Waals surface area contributed by atoms with Crippen LogP contribution in [0, 0.1) is 0 Å². The zero-order chi connectivity index (χ0) is 23.9. The minimum atomic E-state index is -2.31. The topological polar surface area (TPSA) is 26.0 Å². The maximum absolute atomic E-state index is 6.44. The fraction of sp³-hybridized carbons (Fsp3) is 0.0645. The molecular formula is C31H27NOPS+. The third kappa shape index (κ3) is 4.75. The monoisotopic (exact) mass is 492 g/mol. The molecular weight excluding hydrogens is 465 g/mol. The molecule has 172 valence electrons. The van der Waals surface area contributed by atoms with E-state index in [-0.39, 0.29) is 0 Å². The molecule has 0 unspecified atom stereocenters. The molecule has 5 rings (SSSR count). The van der Waals surface area contributed by atoms with Crippen LogP contribution >= 0.6 is 19.0 Å². The van der Waals surface area contributed by atoms with Crippen molar-refractivity contribution in [2.75, 3.05) is 5.75 Å². The molecule has 35 heavy (non-hydrogen) atoms. The van der Waals surface area contributed by atoms with E-state index in [2.05, 4.69) is 116 Å². The molecule has 0 amide bonds. The lowest BCUT2D eigenvalue weighted by Gasteiger charge is -2.25. The van der Waals surface area contributed by atoms with Gasteiger partial charge in [-0.1, -0.05) is 104 Å². The predicted molar refractivity (Wildman–Crippen MR) is 153 cm³/mol. The van der Waals surface area contributed by atoms with Crippen LogP contribution in [0.15, 0.2) is 131 Å². The second-order valence-corrected chi connectivity index (χ2v) is 12.6. The maximum Gasteiger partial charge on any atom is 0.251 e. The Labute approximate surface area is 212 Å². The number of hydrogen-bond donors (Lipinski definition) is 0. The van der Waals surface area contributed by atoms with Crippen LogP contribution in [0.1, 0.15) is 18.4 Å². The molecule has 0 saturated heterocycles. The first kappa shape index (κ1) is 23.4. The molecule has 1 aromatic heterocycles. The standard InChI is InChI=1S/C31H27NOPS/c1-2-35-31-30(32-29(33-31)24-23-25-15-7-3-8-16-25)34(26-17-9-4-10-18-26,27-19-11-5-12-20-27)28-21-13-6-14-22-28/h3-24H,2H2,1H3/q+1/b24-23-.